The van der Waals surface area contributed by atoms with Crippen molar-refractivity contribution in [2.75, 3.05) is 0 Å². The van der Waals surface area contributed by atoms with Crippen molar-refractivity contribution in [1.82, 2.24) is 9.78 Å². The summed E-state index contributed by atoms with van der Waals surface area (Å²) >= 11 is 0. The van der Waals surface area contributed by atoms with E-state index in [1.165, 1.54) is 11.3 Å². The van der Waals surface area contributed by atoms with E-state index in [-0.39, 0.29) is 6.10 Å². The van der Waals surface area contributed by atoms with Gasteiger partial charge in [-0.2, -0.15) is 5.10 Å². The fourth-order valence-electron chi connectivity index (χ4n) is 1.79. The molecule has 0 amide bonds. The molecule has 3 nitrogen and oxygen atoms in total. The number of aliphatic hydroxyl groups is 1. The molecule has 80 valence electrons. The summed E-state index contributed by atoms with van der Waals surface area (Å²) in [6, 6.07) is 0.386. The molecule has 0 saturated carbocycles. The summed E-state index contributed by atoms with van der Waals surface area (Å²) in [4.78, 5) is 0. The predicted octanol–water partition coefficient (Wildman–Crippen LogP) is 2.00. The van der Waals surface area contributed by atoms with Gasteiger partial charge in [0.2, 0.25) is 0 Å². The molecule has 1 N–H and O–H groups in total. The first kappa shape index (κ1) is 11.2. The van der Waals surface area contributed by atoms with Crippen molar-refractivity contribution in [1.29, 1.82) is 0 Å². The molecule has 0 radical (unpaired) electrons. The fraction of sp³-hybridized carbons (Fsp3) is 0.727. The Hall–Kier alpha value is -0.830. The quantitative estimate of drug-likeness (QED) is 0.803. The van der Waals surface area contributed by atoms with E-state index in [1.807, 2.05) is 18.5 Å². The van der Waals surface area contributed by atoms with Crippen molar-refractivity contribution in [2.45, 2.75) is 53.2 Å². The van der Waals surface area contributed by atoms with Crippen LogP contribution in [0.3, 0.4) is 0 Å². The van der Waals surface area contributed by atoms with Crippen molar-refractivity contribution >= 4 is 0 Å². The highest BCUT2D eigenvalue weighted by Gasteiger charge is 2.14. The molecule has 0 aliphatic heterocycles. The molecule has 0 unspecified atom stereocenters. The minimum Gasteiger partial charge on any atom is -0.393 e. The Kier molecular flexibility index (Phi) is 3.32. The lowest BCUT2D eigenvalue weighted by atomic mass is 10.1. The summed E-state index contributed by atoms with van der Waals surface area (Å²) < 4.78 is 2.02. The third-order valence-corrected chi connectivity index (χ3v) is 2.46. The number of aliphatic hydroxyl groups excluding tert-OH is 1. The Morgan fingerprint density at radius 2 is 1.86 bits per heavy atom. The van der Waals surface area contributed by atoms with Crippen LogP contribution in [0.15, 0.2) is 0 Å². The molecule has 0 bridgehead atoms. The van der Waals surface area contributed by atoms with Crippen LogP contribution in [0.5, 0.6) is 0 Å². The van der Waals surface area contributed by atoms with Crippen LogP contribution in [0.1, 0.15) is 43.8 Å². The van der Waals surface area contributed by atoms with Crippen molar-refractivity contribution in [2.24, 2.45) is 0 Å². The molecule has 1 aromatic heterocycles. The van der Waals surface area contributed by atoms with Gasteiger partial charge in [-0.05, 0) is 40.2 Å². The molecular weight excluding hydrogens is 176 g/mol. The summed E-state index contributed by atoms with van der Waals surface area (Å²) in [5.41, 5.74) is 3.41. The second kappa shape index (κ2) is 4.13. The average molecular weight is 196 g/mol. The molecule has 1 aromatic rings. The summed E-state index contributed by atoms with van der Waals surface area (Å²) in [5, 5.41) is 13.8. The number of rotatable bonds is 3. The predicted molar refractivity (Wildman–Crippen MR) is 57.5 cm³/mol. The summed E-state index contributed by atoms with van der Waals surface area (Å²) in [6.07, 6.45) is 0.405. The van der Waals surface area contributed by atoms with Gasteiger partial charge in [-0.1, -0.05) is 0 Å². The fourth-order valence-corrected chi connectivity index (χ4v) is 1.79. The van der Waals surface area contributed by atoms with Gasteiger partial charge in [-0.15, -0.1) is 0 Å². The van der Waals surface area contributed by atoms with E-state index in [0.29, 0.717) is 12.5 Å². The van der Waals surface area contributed by atoms with Gasteiger partial charge >= 0.3 is 0 Å². The van der Waals surface area contributed by atoms with Gasteiger partial charge in [0.25, 0.3) is 0 Å². The van der Waals surface area contributed by atoms with E-state index in [2.05, 4.69) is 25.9 Å². The van der Waals surface area contributed by atoms with Crippen LogP contribution >= 0.6 is 0 Å². The lowest BCUT2D eigenvalue weighted by molar-refractivity contribution is 0.195. The zero-order valence-corrected chi connectivity index (χ0v) is 9.70. The average Bonchev–Trinajstić information content (AvgIpc) is 2.31. The zero-order chi connectivity index (χ0) is 10.9. The van der Waals surface area contributed by atoms with Crippen LogP contribution in [0.2, 0.25) is 0 Å². The Balaban J connectivity index is 3.05. The Bertz CT molecular complexity index is 313. The molecule has 0 fully saturated rings. The molecule has 1 atom stereocenters. The van der Waals surface area contributed by atoms with Crippen LogP contribution in [0, 0.1) is 13.8 Å². The van der Waals surface area contributed by atoms with Gasteiger partial charge in [0.1, 0.15) is 0 Å². The molecule has 0 aromatic carbocycles. The van der Waals surface area contributed by atoms with Crippen LogP contribution in [-0.2, 0) is 6.42 Å². The topological polar surface area (TPSA) is 38.0 Å². The highest BCUT2D eigenvalue weighted by atomic mass is 16.3. The third kappa shape index (κ3) is 2.15. The second-order valence-electron chi connectivity index (χ2n) is 4.24. The van der Waals surface area contributed by atoms with Gasteiger partial charge < -0.3 is 5.11 Å². The van der Waals surface area contributed by atoms with E-state index in [4.69, 9.17) is 0 Å². The van der Waals surface area contributed by atoms with Crippen LogP contribution in [0.25, 0.3) is 0 Å². The minimum atomic E-state index is -0.294. The molecule has 1 heterocycles. The first-order valence-corrected chi connectivity index (χ1v) is 5.16. The molecule has 0 aliphatic rings. The molecule has 3 heteroatoms. The smallest absolute Gasteiger partial charge is 0.0629 e. The number of nitrogens with zero attached hydrogens (tertiary/aromatic N) is 2. The molecule has 0 spiro atoms. The Morgan fingerprint density at radius 3 is 2.21 bits per heavy atom. The van der Waals surface area contributed by atoms with E-state index < -0.39 is 0 Å². The van der Waals surface area contributed by atoms with Crippen molar-refractivity contribution in [3.8, 4) is 0 Å². The molecular formula is C11H20N2O. The van der Waals surface area contributed by atoms with Crippen molar-refractivity contribution in [3.05, 3.63) is 17.0 Å². The largest absolute Gasteiger partial charge is 0.393 e. The number of aryl methyl sites for hydroxylation is 1. The van der Waals surface area contributed by atoms with E-state index >= 15 is 0 Å². The van der Waals surface area contributed by atoms with Gasteiger partial charge in [0.05, 0.1) is 11.8 Å². The van der Waals surface area contributed by atoms with Crippen molar-refractivity contribution < 1.29 is 5.11 Å². The normalized spacial score (nSPS) is 13.6. The van der Waals surface area contributed by atoms with Crippen LogP contribution < -0.4 is 0 Å². The van der Waals surface area contributed by atoms with Crippen molar-refractivity contribution in [3.63, 3.8) is 0 Å². The van der Waals surface area contributed by atoms with Gasteiger partial charge in [-0.25, -0.2) is 0 Å². The second-order valence-corrected chi connectivity index (χ2v) is 4.24. The SMILES string of the molecule is Cc1nn(C(C)C)c(C)c1C[C@H](C)O. The first-order chi connectivity index (χ1) is 6.43. The summed E-state index contributed by atoms with van der Waals surface area (Å²) in [7, 11) is 0. The lowest BCUT2D eigenvalue weighted by Gasteiger charge is -2.09. The number of hydrogen-bond acceptors (Lipinski definition) is 2. The number of hydrogen-bond donors (Lipinski definition) is 1. The molecule has 0 aliphatic carbocycles. The van der Waals surface area contributed by atoms with Gasteiger partial charge in [0, 0.05) is 18.2 Å². The van der Waals surface area contributed by atoms with Crippen LogP contribution in [0.4, 0.5) is 0 Å². The monoisotopic (exact) mass is 196 g/mol. The Morgan fingerprint density at radius 1 is 1.29 bits per heavy atom. The maximum absolute atomic E-state index is 9.37. The van der Waals surface area contributed by atoms with E-state index in [1.54, 1.807) is 0 Å². The lowest BCUT2D eigenvalue weighted by Crippen LogP contribution is -2.08. The third-order valence-electron chi connectivity index (χ3n) is 2.46. The maximum Gasteiger partial charge on any atom is 0.0629 e. The summed E-state index contributed by atoms with van der Waals surface area (Å²) in [5.74, 6) is 0. The van der Waals surface area contributed by atoms with Crippen LogP contribution in [-0.4, -0.2) is 21.0 Å². The number of aromatic nitrogens is 2. The standard InChI is InChI=1S/C11H20N2O/c1-7(2)13-10(5)11(6-8(3)14)9(4)12-13/h7-8,14H,6H2,1-5H3/t8-/m0/s1. The molecule has 0 saturated heterocycles. The van der Waals surface area contributed by atoms with E-state index in [9.17, 15) is 5.11 Å². The minimum absolute atomic E-state index is 0.294. The van der Waals surface area contributed by atoms with Gasteiger partial charge in [-0.3, -0.25) is 4.68 Å². The molecule has 1 rings (SSSR count). The highest BCUT2D eigenvalue weighted by Crippen LogP contribution is 2.18. The zero-order valence-electron chi connectivity index (χ0n) is 9.70. The Labute approximate surface area is 85.8 Å². The van der Waals surface area contributed by atoms with Gasteiger partial charge in [0.15, 0.2) is 0 Å². The summed E-state index contributed by atoms with van der Waals surface area (Å²) in [6.45, 7) is 10.1. The molecule has 14 heavy (non-hydrogen) atoms. The first-order valence-electron chi connectivity index (χ1n) is 5.16. The van der Waals surface area contributed by atoms with E-state index in [0.717, 1.165) is 5.69 Å². The highest BCUT2D eigenvalue weighted by molar-refractivity contribution is 5.25. The maximum atomic E-state index is 9.37.